The van der Waals surface area contributed by atoms with Gasteiger partial charge in [-0.25, -0.2) is 9.78 Å². The van der Waals surface area contributed by atoms with E-state index in [0.29, 0.717) is 12.1 Å². The van der Waals surface area contributed by atoms with Crippen LogP contribution in [0.2, 0.25) is 0 Å². The molecule has 0 fully saturated rings. The average Bonchev–Trinajstić information content (AvgIpc) is 2.07. The topological polar surface area (TPSA) is 18.5 Å². The molecule has 1 aromatic rings. The van der Waals surface area contributed by atoms with Crippen LogP contribution in [-0.4, -0.2) is 5.52 Å². The van der Waals surface area contributed by atoms with Crippen molar-refractivity contribution in [1.82, 2.24) is 0 Å². The van der Waals surface area contributed by atoms with Gasteiger partial charge in [-0.15, -0.1) is 0 Å². The van der Waals surface area contributed by atoms with Gasteiger partial charge >= 0.3 is 0 Å². The minimum absolute atomic E-state index is 0.403. The van der Waals surface area contributed by atoms with Crippen LogP contribution in [0.5, 0.6) is 0 Å². The lowest BCUT2D eigenvalue weighted by Gasteiger charge is -1.99. The van der Waals surface area contributed by atoms with Gasteiger partial charge in [0.2, 0.25) is 0 Å². The molecule has 0 aliphatic rings. The zero-order valence-electron chi connectivity index (χ0n) is 6.00. The average molecular weight is 217 g/mol. The first-order valence-corrected chi connectivity index (χ1v) is 4.40. The molecule has 0 amide bonds. The van der Waals surface area contributed by atoms with Gasteiger partial charge < -0.3 is 0 Å². The molecule has 0 unspecified atom stereocenters. The molecule has 3 heteroatoms. The lowest BCUT2D eigenvalue weighted by Crippen LogP contribution is -1.92. The van der Waals surface area contributed by atoms with Gasteiger partial charge in [-0.3, -0.25) is 0 Å². The number of hydrogen-bond donors (Lipinski definition) is 0. The van der Waals surface area contributed by atoms with Crippen molar-refractivity contribution >= 4 is 15.9 Å². The van der Waals surface area contributed by atoms with Gasteiger partial charge in [-0.2, -0.15) is 0 Å². The van der Waals surface area contributed by atoms with Crippen molar-refractivity contribution in [3.63, 3.8) is 0 Å². The van der Waals surface area contributed by atoms with Crippen LogP contribution in [0.3, 0.4) is 0 Å². The second-order valence-corrected chi connectivity index (χ2v) is 2.43. The third-order valence-electron chi connectivity index (χ3n) is 1.20. The smallest absolute Gasteiger partial charge is 0.137 e. The maximum absolute atomic E-state index is 4.82. The van der Waals surface area contributed by atoms with Crippen LogP contribution in [-0.2, 0) is 16.4 Å². The zero-order chi connectivity index (χ0) is 7.94. The van der Waals surface area contributed by atoms with Crippen molar-refractivity contribution in [2.45, 2.75) is 6.61 Å². The third kappa shape index (κ3) is 3.51. The molecule has 0 atom stereocenters. The fraction of sp³-hybridized carbons (Fsp3) is 0.250. The molecule has 1 rings (SSSR count). The molecule has 0 aromatic heterocycles. The fourth-order valence-corrected chi connectivity index (χ4v) is 0.848. The second kappa shape index (κ2) is 5.29. The third-order valence-corrected chi connectivity index (χ3v) is 1.38. The van der Waals surface area contributed by atoms with Crippen molar-refractivity contribution in [2.24, 2.45) is 0 Å². The van der Waals surface area contributed by atoms with Gasteiger partial charge in [0, 0.05) is 0 Å². The SMILES string of the molecule is BrCOOCc1ccccc1. The molecule has 1 aromatic carbocycles. The van der Waals surface area contributed by atoms with E-state index in [1.54, 1.807) is 0 Å². The molecular formula is C8H9BrO2. The Morgan fingerprint density at radius 3 is 2.45 bits per heavy atom. The van der Waals surface area contributed by atoms with Gasteiger partial charge in [0.15, 0.2) is 0 Å². The summed E-state index contributed by atoms with van der Waals surface area (Å²) in [7, 11) is 0. The first-order chi connectivity index (χ1) is 5.43. The summed E-state index contributed by atoms with van der Waals surface area (Å²) < 4.78 is 0. The summed E-state index contributed by atoms with van der Waals surface area (Å²) in [6.45, 7) is 0.492. The van der Waals surface area contributed by atoms with E-state index in [9.17, 15) is 0 Å². The number of rotatable bonds is 4. The largest absolute Gasteiger partial charge is 0.231 e. The van der Waals surface area contributed by atoms with Crippen LogP contribution < -0.4 is 0 Å². The van der Waals surface area contributed by atoms with Crippen LogP contribution in [0.25, 0.3) is 0 Å². The quantitative estimate of drug-likeness (QED) is 0.334. The molecule has 0 aliphatic carbocycles. The molecule has 0 heterocycles. The minimum Gasteiger partial charge on any atom is -0.231 e. The van der Waals surface area contributed by atoms with Gasteiger partial charge in [0.05, 0.1) is 0 Å². The summed E-state index contributed by atoms with van der Waals surface area (Å²) >= 11 is 3.08. The second-order valence-electron chi connectivity index (χ2n) is 1.97. The molecule has 11 heavy (non-hydrogen) atoms. The number of halogens is 1. The fourth-order valence-electron chi connectivity index (χ4n) is 0.715. The van der Waals surface area contributed by atoms with E-state index in [4.69, 9.17) is 4.89 Å². The van der Waals surface area contributed by atoms with E-state index in [2.05, 4.69) is 20.8 Å². The summed E-state index contributed by atoms with van der Waals surface area (Å²) in [5, 5.41) is 0. The molecule has 2 nitrogen and oxygen atoms in total. The van der Waals surface area contributed by atoms with E-state index >= 15 is 0 Å². The van der Waals surface area contributed by atoms with Crippen LogP contribution in [0, 0.1) is 0 Å². The lowest BCUT2D eigenvalue weighted by atomic mass is 10.2. The standard InChI is InChI=1S/C8H9BrO2/c9-7-11-10-6-8-4-2-1-3-5-8/h1-5H,6-7H2. The molecule has 0 aliphatic heterocycles. The molecule has 0 saturated carbocycles. The Kier molecular flexibility index (Phi) is 4.19. The van der Waals surface area contributed by atoms with Gasteiger partial charge in [-0.05, 0) is 5.56 Å². The Hall–Kier alpha value is -0.380. The number of hydrogen-bond acceptors (Lipinski definition) is 2. The van der Waals surface area contributed by atoms with Crippen molar-refractivity contribution in [1.29, 1.82) is 0 Å². The maximum Gasteiger partial charge on any atom is 0.137 e. The minimum atomic E-state index is 0.403. The lowest BCUT2D eigenvalue weighted by molar-refractivity contribution is -0.287. The molecule has 0 bridgehead atoms. The highest BCUT2D eigenvalue weighted by Gasteiger charge is 1.89. The summed E-state index contributed by atoms with van der Waals surface area (Å²) in [4.78, 5) is 9.48. The van der Waals surface area contributed by atoms with Crippen LogP contribution >= 0.6 is 15.9 Å². The molecule has 0 saturated heterocycles. The van der Waals surface area contributed by atoms with Gasteiger partial charge in [0.25, 0.3) is 0 Å². The van der Waals surface area contributed by atoms with E-state index in [0.717, 1.165) is 5.56 Å². The highest BCUT2D eigenvalue weighted by molar-refractivity contribution is 9.09. The molecular weight excluding hydrogens is 208 g/mol. The van der Waals surface area contributed by atoms with Crippen molar-refractivity contribution in [2.75, 3.05) is 5.52 Å². The van der Waals surface area contributed by atoms with Crippen molar-refractivity contribution in [3.05, 3.63) is 35.9 Å². The summed E-state index contributed by atoms with van der Waals surface area (Å²) in [6.07, 6.45) is 0. The monoisotopic (exact) mass is 216 g/mol. The summed E-state index contributed by atoms with van der Waals surface area (Å²) in [5.74, 6) is 0. The van der Waals surface area contributed by atoms with E-state index in [-0.39, 0.29) is 0 Å². The van der Waals surface area contributed by atoms with Crippen LogP contribution in [0.4, 0.5) is 0 Å². The van der Waals surface area contributed by atoms with E-state index < -0.39 is 0 Å². The highest BCUT2D eigenvalue weighted by atomic mass is 79.9. The summed E-state index contributed by atoms with van der Waals surface area (Å²) in [5.41, 5.74) is 1.51. The Balaban J connectivity index is 2.28. The van der Waals surface area contributed by atoms with Crippen molar-refractivity contribution in [3.8, 4) is 0 Å². The molecule has 0 radical (unpaired) electrons. The molecule has 0 spiro atoms. The van der Waals surface area contributed by atoms with E-state index in [1.807, 2.05) is 30.3 Å². The van der Waals surface area contributed by atoms with Crippen molar-refractivity contribution < 1.29 is 9.78 Å². The Bertz CT molecular complexity index is 189. The Morgan fingerprint density at radius 1 is 1.09 bits per heavy atom. The molecule has 60 valence electrons. The normalized spacial score (nSPS) is 9.91. The van der Waals surface area contributed by atoms with Crippen LogP contribution in [0.1, 0.15) is 5.56 Å². The van der Waals surface area contributed by atoms with Gasteiger partial charge in [0.1, 0.15) is 12.1 Å². The van der Waals surface area contributed by atoms with Crippen LogP contribution in [0.15, 0.2) is 30.3 Å². The predicted octanol–water partition coefficient (Wildman–Crippen LogP) is 2.49. The highest BCUT2D eigenvalue weighted by Crippen LogP contribution is 2.00. The predicted molar refractivity (Wildman–Crippen MR) is 46.1 cm³/mol. The first-order valence-electron chi connectivity index (χ1n) is 3.28. The number of alkyl halides is 1. The number of benzene rings is 1. The maximum atomic E-state index is 4.82. The van der Waals surface area contributed by atoms with E-state index in [1.165, 1.54) is 0 Å². The Morgan fingerprint density at radius 2 is 1.82 bits per heavy atom. The summed E-state index contributed by atoms with van der Waals surface area (Å²) in [6, 6.07) is 9.86. The van der Waals surface area contributed by atoms with Gasteiger partial charge in [-0.1, -0.05) is 46.3 Å². The Labute approximate surface area is 74.2 Å². The first kappa shape index (κ1) is 8.71. The zero-order valence-corrected chi connectivity index (χ0v) is 7.58. The molecule has 0 N–H and O–H groups in total.